The van der Waals surface area contributed by atoms with Crippen molar-refractivity contribution >= 4 is 0 Å². The maximum Gasteiger partial charge on any atom is 0.106 e. The Morgan fingerprint density at radius 1 is 1.22 bits per heavy atom. The molecule has 5 rings (SSSR count). The first-order chi connectivity index (χ1) is 15.1. The predicted octanol–water partition coefficient (Wildman–Crippen LogP) is 3.48. The second-order valence-electron chi connectivity index (χ2n) is 11.8. The summed E-state index contributed by atoms with van der Waals surface area (Å²) in [6.45, 7) is 10.6. The Morgan fingerprint density at radius 2 is 1.97 bits per heavy atom. The number of hydrogen-bond acceptors (Lipinski definition) is 5. The largest absolute Gasteiger partial charge is 0.494 e. The van der Waals surface area contributed by atoms with E-state index in [1.165, 1.54) is 5.57 Å². The highest BCUT2D eigenvalue weighted by Gasteiger charge is 2.67. The predicted molar refractivity (Wildman–Crippen MR) is 122 cm³/mol. The van der Waals surface area contributed by atoms with Gasteiger partial charge in [-0.1, -0.05) is 37.6 Å². The monoisotopic (exact) mass is 444 g/mol. The van der Waals surface area contributed by atoms with E-state index in [-0.39, 0.29) is 24.0 Å². The summed E-state index contributed by atoms with van der Waals surface area (Å²) < 4.78 is 6.51. The molecule has 0 saturated heterocycles. The van der Waals surface area contributed by atoms with Crippen LogP contribution in [-0.2, 0) is 4.74 Å². The third kappa shape index (κ3) is 3.04. The van der Waals surface area contributed by atoms with Crippen LogP contribution >= 0.6 is 0 Å². The Labute approximate surface area is 191 Å². The Balaban J connectivity index is 1.45. The quantitative estimate of drug-likeness (QED) is 0.499. The van der Waals surface area contributed by atoms with Gasteiger partial charge in [0.15, 0.2) is 0 Å². The lowest BCUT2D eigenvalue weighted by Crippen LogP contribution is -2.60. The highest BCUT2D eigenvalue weighted by molar-refractivity contribution is 5.32. The zero-order valence-electron chi connectivity index (χ0n) is 19.8. The number of allylic oxidation sites excluding steroid dienone is 2. The Hall–Kier alpha value is -1.14. The van der Waals surface area contributed by atoms with Gasteiger partial charge in [-0.3, -0.25) is 0 Å². The minimum absolute atomic E-state index is 0.0192. The normalized spacial score (nSPS) is 49.5. The Bertz CT molecular complexity index is 860. The standard InChI is InChI=1S/C27H40O5/c1-14(13-28)5-8-21-15(2)24-22(32-21)11-19-18-7-6-16-9-17(29)10-23(31)27(16,4)25(18)20(30)12-26(19,24)3/h6,17-20,22-25,28-31H,1,5,7-13H2,2-4H3/t17-,18+,19+,20-,22+,23-,24+,25-,26+,27-/m1/s1. The lowest BCUT2D eigenvalue weighted by molar-refractivity contribution is -0.154. The van der Waals surface area contributed by atoms with Gasteiger partial charge in [0.25, 0.3) is 0 Å². The number of fused-ring (bicyclic) bond motifs is 7. The minimum atomic E-state index is -0.616. The molecule has 4 N–H and O–H groups in total. The molecule has 4 aliphatic carbocycles. The molecule has 0 spiro atoms. The van der Waals surface area contributed by atoms with Crippen LogP contribution in [0.25, 0.3) is 0 Å². The molecule has 1 aliphatic heterocycles. The fraction of sp³-hybridized carbons (Fsp3) is 0.778. The van der Waals surface area contributed by atoms with Crippen LogP contribution in [0.1, 0.15) is 65.7 Å². The van der Waals surface area contributed by atoms with Crippen molar-refractivity contribution in [2.24, 2.45) is 34.5 Å². The highest BCUT2D eigenvalue weighted by atomic mass is 16.5. The summed E-state index contributed by atoms with van der Waals surface area (Å²) >= 11 is 0. The van der Waals surface area contributed by atoms with Crippen molar-refractivity contribution in [2.75, 3.05) is 6.61 Å². The molecule has 5 heteroatoms. The van der Waals surface area contributed by atoms with Crippen molar-refractivity contribution < 1.29 is 25.2 Å². The molecule has 1 heterocycles. The second-order valence-corrected chi connectivity index (χ2v) is 11.8. The minimum Gasteiger partial charge on any atom is -0.494 e. The van der Waals surface area contributed by atoms with Crippen LogP contribution in [0.5, 0.6) is 0 Å². The molecule has 3 saturated carbocycles. The van der Waals surface area contributed by atoms with Crippen LogP contribution in [0.15, 0.2) is 35.1 Å². The van der Waals surface area contributed by atoms with E-state index in [1.807, 2.05) is 0 Å². The van der Waals surface area contributed by atoms with E-state index in [1.54, 1.807) is 0 Å². The van der Waals surface area contributed by atoms with Gasteiger partial charge in [0.1, 0.15) is 6.10 Å². The number of aliphatic hydroxyl groups excluding tert-OH is 4. The van der Waals surface area contributed by atoms with Crippen LogP contribution in [0.4, 0.5) is 0 Å². The average molecular weight is 445 g/mol. The van der Waals surface area contributed by atoms with Crippen molar-refractivity contribution in [1.82, 2.24) is 0 Å². The van der Waals surface area contributed by atoms with Gasteiger partial charge in [0.2, 0.25) is 0 Å². The molecule has 0 radical (unpaired) electrons. The molecule has 10 atom stereocenters. The first kappa shape index (κ1) is 22.6. The van der Waals surface area contributed by atoms with E-state index in [2.05, 4.69) is 33.4 Å². The molecule has 3 fully saturated rings. The molecular formula is C27H40O5. The second kappa shape index (κ2) is 7.69. The molecule has 0 amide bonds. The maximum absolute atomic E-state index is 11.6. The number of hydrogen-bond donors (Lipinski definition) is 4. The molecular weight excluding hydrogens is 404 g/mol. The molecule has 0 unspecified atom stereocenters. The smallest absolute Gasteiger partial charge is 0.106 e. The Kier molecular flexibility index (Phi) is 5.44. The van der Waals surface area contributed by atoms with Gasteiger partial charge in [0, 0.05) is 24.2 Å². The SMILES string of the molecule is C=C(CO)CCC1=C(C)[C@H]2[C@H](C[C@H]3[C@@H]4CC=C5C[C@@H](O)C[C@@H](O)[C@]5(C)[C@H]4[C@H](O)C[C@@]32C)O1. The van der Waals surface area contributed by atoms with E-state index in [4.69, 9.17) is 4.74 Å². The number of ether oxygens (including phenoxy) is 1. The van der Waals surface area contributed by atoms with Crippen LogP contribution in [-0.4, -0.2) is 51.4 Å². The summed E-state index contributed by atoms with van der Waals surface area (Å²) in [5.41, 5.74) is 2.81. The van der Waals surface area contributed by atoms with Gasteiger partial charge in [-0.05, 0) is 67.8 Å². The summed E-state index contributed by atoms with van der Waals surface area (Å²) in [6, 6.07) is 0. The molecule has 5 aliphatic rings. The van der Waals surface area contributed by atoms with Crippen molar-refractivity contribution in [1.29, 1.82) is 0 Å². The topological polar surface area (TPSA) is 90.2 Å². The van der Waals surface area contributed by atoms with Crippen molar-refractivity contribution in [2.45, 2.75) is 90.1 Å². The first-order valence-corrected chi connectivity index (χ1v) is 12.5. The van der Waals surface area contributed by atoms with E-state index < -0.39 is 23.7 Å². The summed E-state index contributed by atoms with van der Waals surface area (Å²) in [5, 5.41) is 42.2. The van der Waals surface area contributed by atoms with Crippen LogP contribution < -0.4 is 0 Å². The molecule has 5 nitrogen and oxygen atoms in total. The van der Waals surface area contributed by atoms with Crippen LogP contribution in [0, 0.1) is 34.5 Å². The lowest BCUT2D eigenvalue weighted by atomic mass is 9.45. The molecule has 178 valence electrons. The third-order valence-electron chi connectivity index (χ3n) is 10.3. The van der Waals surface area contributed by atoms with Crippen LogP contribution in [0.2, 0.25) is 0 Å². The van der Waals surface area contributed by atoms with E-state index in [0.29, 0.717) is 30.6 Å². The molecule has 0 aromatic rings. The van der Waals surface area contributed by atoms with E-state index in [9.17, 15) is 20.4 Å². The van der Waals surface area contributed by atoms with Gasteiger partial charge in [-0.25, -0.2) is 0 Å². The molecule has 0 aromatic carbocycles. The van der Waals surface area contributed by atoms with E-state index >= 15 is 0 Å². The molecule has 0 aromatic heterocycles. The summed E-state index contributed by atoms with van der Waals surface area (Å²) in [7, 11) is 0. The zero-order chi connectivity index (χ0) is 23.0. The maximum atomic E-state index is 11.6. The van der Waals surface area contributed by atoms with Crippen molar-refractivity contribution in [3.63, 3.8) is 0 Å². The third-order valence-corrected chi connectivity index (χ3v) is 10.3. The fourth-order valence-electron chi connectivity index (χ4n) is 8.78. The number of aliphatic hydroxyl groups is 4. The van der Waals surface area contributed by atoms with Crippen LogP contribution in [0.3, 0.4) is 0 Å². The highest BCUT2D eigenvalue weighted by Crippen LogP contribution is 2.68. The molecule has 32 heavy (non-hydrogen) atoms. The van der Waals surface area contributed by atoms with Crippen molar-refractivity contribution in [3.8, 4) is 0 Å². The van der Waals surface area contributed by atoms with Gasteiger partial charge in [-0.2, -0.15) is 0 Å². The average Bonchev–Trinajstić information content (AvgIpc) is 3.20. The number of rotatable bonds is 4. The summed E-state index contributed by atoms with van der Waals surface area (Å²) in [5.74, 6) is 2.17. The fourth-order valence-corrected chi connectivity index (χ4v) is 8.78. The van der Waals surface area contributed by atoms with E-state index in [0.717, 1.165) is 49.0 Å². The van der Waals surface area contributed by atoms with Gasteiger partial charge >= 0.3 is 0 Å². The van der Waals surface area contributed by atoms with Gasteiger partial charge < -0.3 is 25.2 Å². The van der Waals surface area contributed by atoms with Crippen molar-refractivity contribution in [3.05, 3.63) is 35.1 Å². The first-order valence-electron chi connectivity index (χ1n) is 12.5. The molecule has 0 bridgehead atoms. The summed E-state index contributed by atoms with van der Waals surface area (Å²) in [6.07, 6.45) is 6.03. The Morgan fingerprint density at radius 3 is 2.69 bits per heavy atom. The van der Waals surface area contributed by atoms with Gasteiger partial charge in [-0.15, -0.1) is 0 Å². The zero-order valence-corrected chi connectivity index (χ0v) is 19.8. The lowest BCUT2D eigenvalue weighted by Gasteiger charge is -2.60. The summed E-state index contributed by atoms with van der Waals surface area (Å²) in [4.78, 5) is 0. The van der Waals surface area contributed by atoms with Gasteiger partial charge in [0.05, 0.1) is 30.7 Å².